The minimum absolute atomic E-state index is 0.0287. The first-order valence-corrected chi connectivity index (χ1v) is 11.0. The predicted octanol–water partition coefficient (Wildman–Crippen LogP) is 4.76. The standard InChI is InChI=1S/C22H17F4N3O4S/c1-32-19-11-13(6-8-22(24,25)26)16(23)12-18(19)29-17-4-3-15(10-14(17)2-5-21(29)30)34(31)28-20-7-9-33-27-20/h2-5,7,9-12H,6,8H2,1H3,(H,27,28). The van der Waals surface area contributed by atoms with E-state index in [2.05, 4.69) is 14.4 Å². The number of rotatable bonds is 7. The van der Waals surface area contributed by atoms with E-state index in [9.17, 15) is 26.9 Å². The Morgan fingerprint density at radius 1 is 1.18 bits per heavy atom. The van der Waals surface area contributed by atoms with Crippen LogP contribution in [0.15, 0.2) is 69.0 Å². The van der Waals surface area contributed by atoms with Crippen molar-refractivity contribution in [3.8, 4) is 11.4 Å². The van der Waals surface area contributed by atoms with Crippen molar-refractivity contribution in [2.24, 2.45) is 0 Å². The molecule has 34 heavy (non-hydrogen) atoms. The lowest BCUT2D eigenvalue weighted by atomic mass is 10.1. The lowest BCUT2D eigenvalue weighted by molar-refractivity contribution is -0.134. The summed E-state index contributed by atoms with van der Waals surface area (Å²) in [6, 6.07) is 11.0. The van der Waals surface area contributed by atoms with Crippen LogP contribution in [0.2, 0.25) is 0 Å². The first kappa shape index (κ1) is 23.6. The van der Waals surface area contributed by atoms with Gasteiger partial charge < -0.3 is 13.8 Å². The zero-order valence-electron chi connectivity index (χ0n) is 17.6. The van der Waals surface area contributed by atoms with Crippen molar-refractivity contribution in [1.82, 2.24) is 9.72 Å². The molecular formula is C22H17F4N3O4S. The van der Waals surface area contributed by atoms with Gasteiger partial charge in [-0.3, -0.25) is 9.36 Å². The number of alkyl halides is 3. The van der Waals surface area contributed by atoms with Crippen molar-refractivity contribution in [3.05, 3.63) is 76.5 Å². The van der Waals surface area contributed by atoms with Gasteiger partial charge in [0.05, 0.1) is 18.3 Å². The van der Waals surface area contributed by atoms with Crippen LogP contribution in [0.4, 0.5) is 23.4 Å². The summed E-state index contributed by atoms with van der Waals surface area (Å²) in [6.07, 6.45) is -4.88. The molecule has 1 N–H and O–H groups in total. The van der Waals surface area contributed by atoms with Gasteiger partial charge in [-0.05, 0) is 36.2 Å². The highest BCUT2D eigenvalue weighted by atomic mass is 32.2. The smallest absolute Gasteiger partial charge is 0.389 e. The molecule has 12 heteroatoms. The van der Waals surface area contributed by atoms with Crippen LogP contribution in [0, 0.1) is 5.82 Å². The van der Waals surface area contributed by atoms with E-state index in [4.69, 9.17) is 4.74 Å². The molecule has 4 rings (SSSR count). The maximum atomic E-state index is 14.7. The van der Waals surface area contributed by atoms with Gasteiger partial charge in [0.2, 0.25) is 5.82 Å². The fraction of sp³-hybridized carbons (Fsp3) is 0.182. The number of methoxy groups -OCH3 is 1. The third-order valence-corrected chi connectivity index (χ3v) is 6.06. The van der Waals surface area contributed by atoms with Gasteiger partial charge in [-0.1, -0.05) is 5.16 Å². The molecule has 4 aromatic rings. The number of anilines is 1. The highest BCUT2D eigenvalue weighted by Gasteiger charge is 2.27. The van der Waals surface area contributed by atoms with E-state index in [1.54, 1.807) is 6.07 Å². The van der Waals surface area contributed by atoms with Gasteiger partial charge in [-0.2, -0.15) is 17.9 Å². The molecule has 0 bridgehead atoms. The van der Waals surface area contributed by atoms with Crippen LogP contribution in [-0.4, -0.2) is 27.6 Å². The van der Waals surface area contributed by atoms with E-state index < -0.39 is 41.8 Å². The van der Waals surface area contributed by atoms with Crippen LogP contribution in [0.3, 0.4) is 0 Å². The minimum Gasteiger partial charge on any atom is -0.588 e. The van der Waals surface area contributed by atoms with E-state index in [0.29, 0.717) is 15.8 Å². The molecule has 0 fully saturated rings. The number of hydrogen-bond acceptors (Lipinski definition) is 6. The highest BCUT2D eigenvalue weighted by molar-refractivity contribution is 7.92. The van der Waals surface area contributed by atoms with Crippen molar-refractivity contribution in [2.45, 2.75) is 23.9 Å². The molecule has 0 aliphatic carbocycles. The summed E-state index contributed by atoms with van der Waals surface area (Å²) in [7, 11) is 1.28. The fourth-order valence-corrected chi connectivity index (χ4v) is 4.24. The van der Waals surface area contributed by atoms with Crippen LogP contribution >= 0.6 is 0 Å². The summed E-state index contributed by atoms with van der Waals surface area (Å²) in [5, 5.41) is 4.14. The normalized spacial score (nSPS) is 12.6. The van der Waals surface area contributed by atoms with Gasteiger partial charge in [0.15, 0.2) is 4.90 Å². The van der Waals surface area contributed by atoms with Crippen LogP contribution in [0.25, 0.3) is 16.6 Å². The molecule has 0 spiro atoms. The third kappa shape index (κ3) is 5.02. The Labute approximate surface area is 193 Å². The number of aryl methyl sites for hydroxylation is 1. The van der Waals surface area contributed by atoms with E-state index in [1.165, 1.54) is 48.3 Å². The van der Waals surface area contributed by atoms with Crippen LogP contribution in [0.5, 0.6) is 5.75 Å². The third-order valence-electron chi connectivity index (χ3n) is 4.98. The Bertz CT molecular complexity index is 1370. The summed E-state index contributed by atoms with van der Waals surface area (Å²) in [6.45, 7) is 0. The number of hydrogen-bond donors (Lipinski definition) is 1. The van der Waals surface area contributed by atoms with Gasteiger partial charge in [0.25, 0.3) is 5.56 Å². The highest BCUT2D eigenvalue weighted by Crippen LogP contribution is 2.31. The Morgan fingerprint density at radius 2 is 1.97 bits per heavy atom. The van der Waals surface area contributed by atoms with Crippen LogP contribution < -0.4 is 15.0 Å². The van der Waals surface area contributed by atoms with Crippen molar-refractivity contribution >= 4 is 28.1 Å². The van der Waals surface area contributed by atoms with Crippen LogP contribution in [0.1, 0.15) is 12.0 Å². The largest absolute Gasteiger partial charge is 0.588 e. The second-order valence-corrected chi connectivity index (χ2v) is 8.43. The van der Waals surface area contributed by atoms with Gasteiger partial charge in [0, 0.05) is 36.1 Å². The fourth-order valence-electron chi connectivity index (χ4n) is 3.40. The zero-order valence-corrected chi connectivity index (χ0v) is 18.4. The van der Waals surface area contributed by atoms with Crippen LogP contribution in [-0.2, 0) is 17.8 Å². The first-order chi connectivity index (χ1) is 16.2. The van der Waals surface area contributed by atoms with E-state index in [1.807, 2.05) is 0 Å². The second-order valence-electron chi connectivity index (χ2n) is 7.21. The van der Waals surface area contributed by atoms with Crippen molar-refractivity contribution in [1.29, 1.82) is 0 Å². The van der Waals surface area contributed by atoms with Gasteiger partial charge in [-0.15, -0.1) is 0 Å². The Kier molecular flexibility index (Phi) is 6.53. The first-order valence-electron chi connectivity index (χ1n) is 9.84. The lowest BCUT2D eigenvalue weighted by Gasteiger charge is -2.17. The second kappa shape index (κ2) is 9.39. The SMILES string of the molecule is COc1cc(CCC(F)(F)F)c(F)cc1-n1c(=O)ccc2cc([S+]([O-])Nc3ccon3)ccc21. The molecular weight excluding hydrogens is 478 g/mol. The average molecular weight is 495 g/mol. The molecule has 7 nitrogen and oxygen atoms in total. The number of pyridine rings is 1. The molecule has 1 atom stereocenters. The number of ether oxygens (including phenoxy) is 1. The van der Waals surface area contributed by atoms with E-state index in [-0.39, 0.29) is 22.8 Å². The summed E-state index contributed by atoms with van der Waals surface area (Å²) in [5.41, 5.74) is -0.304. The molecule has 0 aliphatic heterocycles. The Morgan fingerprint density at radius 3 is 2.65 bits per heavy atom. The quantitative estimate of drug-likeness (QED) is 0.294. The molecule has 0 amide bonds. The monoisotopic (exact) mass is 495 g/mol. The Hall–Kier alpha value is -3.51. The number of nitrogens with zero attached hydrogens (tertiary/aromatic N) is 2. The minimum atomic E-state index is -4.44. The molecule has 0 aliphatic rings. The molecule has 0 saturated carbocycles. The lowest BCUT2D eigenvalue weighted by Crippen LogP contribution is -2.19. The molecule has 0 radical (unpaired) electrons. The number of benzene rings is 2. The molecule has 2 heterocycles. The van der Waals surface area contributed by atoms with E-state index in [0.717, 1.165) is 12.1 Å². The summed E-state index contributed by atoms with van der Waals surface area (Å²) in [4.78, 5) is 13.1. The maximum Gasteiger partial charge on any atom is 0.389 e. The van der Waals surface area contributed by atoms with E-state index >= 15 is 0 Å². The number of halogens is 4. The van der Waals surface area contributed by atoms with Gasteiger partial charge >= 0.3 is 6.18 Å². The zero-order chi connectivity index (χ0) is 24.5. The summed E-state index contributed by atoms with van der Waals surface area (Å²) < 4.78 is 78.9. The summed E-state index contributed by atoms with van der Waals surface area (Å²) in [5.74, 6) is -0.582. The summed E-state index contributed by atoms with van der Waals surface area (Å²) >= 11 is -1.68. The molecule has 2 aromatic heterocycles. The number of aromatic nitrogens is 2. The molecule has 0 saturated heterocycles. The average Bonchev–Trinajstić information content (AvgIpc) is 3.30. The predicted molar refractivity (Wildman–Crippen MR) is 117 cm³/mol. The van der Waals surface area contributed by atoms with Crippen molar-refractivity contribution < 1.29 is 31.4 Å². The van der Waals surface area contributed by atoms with Gasteiger partial charge in [0.1, 0.15) is 29.2 Å². The molecule has 1 unspecified atom stereocenters. The number of fused-ring (bicyclic) bond motifs is 1. The maximum absolute atomic E-state index is 14.7. The van der Waals surface area contributed by atoms with Gasteiger partial charge in [-0.25, -0.2) is 4.39 Å². The molecule has 2 aromatic carbocycles. The van der Waals surface area contributed by atoms with Crippen molar-refractivity contribution in [2.75, 3.05) is 11.8 Å². The topological polar surface area (TPSA) is 92.3 Å². The molecule has 178 valence electrons. The Balaban J connectivity index is 1.75. The number of nitrogens with one attached hydrogen (secondary N) is 1. The van der Waals surface area contributed by atoms with Crippen molar-refractivity contribution in [3.63, 3.8) is 0 Å².